The molecule has 0 aromatic heterocycles. The van der Waals surface area contributed by atoms with Crippen molar-refractivity contribution in [1.29, 1.82) is 0 Å². The summed E-state index contributed by atoms with van der Waals surface area (Å²) in [6.45, 7) is 27.8. The molecule has 2 bridgehead atoms. The molecule has 2 N–H and O–H groups in total. The number of fused-ring (bicyclic) bond motifs is 3. The molecule has 274 valence electrons. The number of ether oxygens (including phenoxy) is 4. The van der Waals surface area contributed by atoms with Gasteiger partial charge in [-0.3, -0.25) is 0 Å². The summed E-state index contributed by atoms with van der Waals surface area (Å²) in [5.74, 6) is -0.369. The van der Waals surface area contributed by atoms with Crippen LogP contribution in [0.1, 0.15) is 95.1 Å². The predicted octanol–water partition coefficient (Wildman–Crippen LogP) is 6.84. The fraction of sp³-hybridized carbons (Fsp3) is 0.838. The largest absolute Gasteiger partial charge is 0.408 e. The number of hydrogen-bond acceptors (Lipinski definition) is 9. The minimum Gasteiger partial charge on any atom is -0.408 e. The maximum atomic E-state index is 12.4. The van der Waals surface area contributed by atoms with Gasteiger partial charge in [-0.1, -0.05) is 113 Å². The third-order valence-corrected chi connectivity index (χ3v) is 22.8. The molecule has 4 aliphatic heterocycles. The van der Waals surface area contributed by atoms with E-state index in [1.807, 2.05) is 30.3 Å². The van der Waals surface area contributed by atoms with Crippen LogP contribution in [-0.4, -0.2) is 95.4 Å². The van der Waals surface area contributed by atoms with E-state index >= 15 is 0 Å². The van der Waals surface area contributed by atoms with Crippen LogP contribution < -0.4 is 0 Å². The molecule has 10 atom stereocenters. The van der Waals surface area contributed by atoms with Crippen molar-refractivity contribution in [2.75, 3.05) is 13.2 Å². The zero-order chi connectivity index (χ0) is 35.4. The Morgan fingerprint density at radius 1 is 0.875 bits per heavy atom. The monoisotopic (exact) mass is 708 g/mol. The first-order valence-corrected chi connectivity index (χ1v) is 22.2. The molecule has 4 heterocycles. The molecule has 0 saturated carbocycles. The average molecular weight is 709 g/mol. The maximum absolute atomic E-state index is 12.4. The molecule has 4 fully saturated rings. The van der Waals surface area contributed by atoms with Gasteiger partial charge in [0, 0.05) is 16.0 Å². The lowest BCUT2D eigenvalue weighted by molar-refractivity contribution is -0.272. The lowest BCUT2D eigenvalue weighted by atomic mass is 9.81. The van der Waals surface area contributed by atoms with Gasteiger partial charge in [-0.2, -0.15) is 0 Å². The summed E-state index contributed by atoms with van der Waals surface area (Å²) >= 11 is 0. The van der Waals surface area contributed by atoms with Gasteiger partial charge in [0.2, 0.25) is 8.32 Å². The zero-order valence-electron chi connectivity index (χ0n) is 31.5. The Kier molecular flexibility index (Phi) is 11.5. The van der Waals surface area contributed by atoms with E-state index in [0.717, 1.165) is 5.56 Å². The minimum atomic E-state index is -2.93. The molecule has 0 aliphatic carbocycles. The third-order valence-electron chi connectivity index (χ3n) is 11.6. The molecule has 9 nitrogen and oxygen atoms in total. The Morgan fingerprint density at radius 3 is 2.04 bits per heavy atom. The Balaban J connectivity index is 1.46. The highest BCUT2D eigenvalue weighted by molar-refractivity contribution is 6.77. The molecule has 4 aliphatic rings. The van der Waals surface area contributed by atoms with E-state index in [2.05, 4.69) is 83.1 Å². The summed E-state index contributed by atoms with van der Waals surface area (Å²) in [4.78, 5) is 0. The van der Waals surface area contributed by atoms with Gasteiger partial charge in [-0.15, -0.1) is 0 Å². The van der Waals surface area contributed by atoms with E-state index in [4.69, 9.17) is 32.2 Å². The highest BCUT2D eigenvalue weighted by Crippen LogP contribution is 2.56. The van der Waals surface area contributed by atoms with Gasteiger partial charge in [0.25, 0.3) is 0 Å². The fourth-order valence-corrected chi connectivity index (χ4v) is 20.1. The Labute approximate surface area is 291 Å². The van der Waals surface area contributed by atoms with Crippen molar-refractivity contribution in [3.8, 4) is 0 Å². The summed E-state index contributed by atoms with van der Waals surface area (Å²) in [6.07, 6.45) is -5.49. The number of aliphatic hydroxyl groups is 2. The fourth-order valence-electron chi connectivity index (χ4n) is 9.55. The van der Waals surface area contributed by atoms with E-state index in [-0.39, 0.29) is 28.2 Å². The van der Waals surface area contributed by atoms with Crippen molar-refractivity contribution in [2.24, 2.45) is 5.92 Å². The van der Waals surface area contributed by atoms with Crippen LogP contribution in [0.4, 0.5) is 0 Å². The first-order valence-electron chi connectivity index (χ1n) is 18.3. The van der Waals surface area contributed by atoms with Crippen molar-refractivity contribution in [2.45, 2.75) is 178 Å². The molecular weight excluding hydrogens is 645 g/mol. The van der Waals surface area contributed by atoms with Crippen LogP contribution in [0.3, 0.4) is 0 Å². The third kappa shape index (κ3) is 6.92. The summed E-state index contributed by atoms with van der Waals surface area (Å²) < 4.78 is 46.9. The Hall–Kier alpha value is -0.706. The van der Waals surface area contributed by atoms with Crippen LogP contribution in [-0.2, 0) is 38.8 Å². The van der Waals surface area contributed by atoms with Crippen molar-refractivity contribution in [1.82, 2.24) is 0 Å². The van der Waals surface area contributed by atoms with E-state index in [9.17, 15) is 10.2 Å². The van der Waals surface area contributed by atoms with Crippen LogP contribution in [0.5, 0.6) is 0 Å². The molecule has 0 radical (unpaired) electrons. The van der Waals surface area contributed by atoms with Crippen LogP contribution in [0.15, 0.2) is 30.3 Å². The van der Waals surface area contributed by atoms with Crippen LogP contribution in [0.2, 0.25) is 26.7 Å². The quantitative estimate of drug-likeness (QED) is 0.253. The Morgan fingerprint density at radius 2 is 1.48 bits per heavy atom. The first kappa shape index (κ1) is 38.5. The number of hydrogen-bond donors (Lipinski definition) is 2. The number of rotatable bonds is 10. The second-order valence-electron chi connectivity index (χ2n) is 17.6. The number of benzene rings is 1. The van der Waals surface area contributed by atoms with E-state index < -0.39 is 59.8 Å². The molecule has 0 amide bonds. The van der Waals surface area contributed by atoms with Crippen molar-refractivity contribution in [3.63, 3.8) is 0 Å². The van der Waals surface area contributed by atoms with Crippen LogP contribution in [0, 0.1) is 5.92 Å². The summed E-state index contributed by atoms with van der Waals surface area (Å²) in [6, 6.07) is 10.0. The molecule has 1 aromatic rings. The zero-order valence-corrected chi connectivity index (χ0v) is 33.5. The first-order chi connectivity index (χ1) is 22.3. The SMILES string of the molecule is CC(C)[Si](O[C@@H]1[C@@H](O)[C@H]([C@@H](O)[C@H]2C[C@@H](OCc3ccccc3)[C@@H]3OC[C@H]2O3)O[C@@H]2CO[Si](C(C)(C)C)(C(C)(C)C)O[C@@H]12)(C(C)C)C(C)C. The van der Waals surface area contributed by atoms with Crippen molar-refractivity contribution < 1.29 is 42.4 Å². The van der Waals surface area contributed by atoms with Gasteiger partial charge in [0.05, 0.1) is 32.0 Å². The van der Waals surface area contributed by atoms with Gasteiger partial charge in [-0.05, 0) is 28.6 Å². The summed E-state index contributed by atoms with van der Waals surface area (Å²) in [7, 11) is -5.44. The van der Waals surface area contributed by atoms with Gasteiger partial charge in [0.1, 0.15) is 36.6 Å². The minimum absolute atomic E-state index is 0.252. The van der Waals surface area contributed by atoms with Crippen molar-refractivity contribution in [3.05, 3.63) is 35.9 Å². The molecule has 4 saturated heterocycles. The standard InChI is InChI=1S/C37H64O9Si2/c1-22(2)47(23(3)4,24(5)6)45-34-31(39)33(43-29-21-42-48(36(7,8)9,37(10,11)12)46-32(29)34)30(38)26-18-27(35-41-20-28(26)44-35)40-19-25-16-14-13-15-17-25/h13-17,22-24,26-35,38-39H,18-21H2,1-12H3/t26-,27+,28+,29+,30-,31-,32+,33-,34+,35+/m0/s1. The normalized spacial score (nSPS) is 34.9. The highest BCUT2D eigenvalue weighted by atomic mass is 28.4. The summed E-state index contributed by atoms with van der Waals surface area (Å²) in [5, 5.41) is 24.1. The molecular formula is C37H64O9Si2. The van der Waals surface area contributed by atoms with Gasteiger partial charge < -0.3 is 42.4 Å². The lowest BCUT2D eigenvalue weighted by Gasteiger charge is -2.59. The molecule has 5 rings (SSSR count). The smallest absolute Gasteiger partial charge is 0.349 e. The second-order valence-corrected chi connectivity index (χ2v) is 27.8. The van der Waals surface area contributed by atoms with Crippen LogP contribution >= 0.6 is 0 Å². The predicted molar refractivity (Wildman–Crippen MR) is 190 cm³/mol. The van der Waals surface area contributed by atoms with E-state index in [1.165, 1.54) is 0 Å². The second kappa shape index (κ2) is 14.4. The lowest BCUT2D eigenvalue weighted by Crippen LogP contribution is -2.74. The van der Waals surface area contributed by atoms with Gasteiger partial charge in [-0.25, -0.2) is 0 Å². The molecule has 1 aromatic carbocycles. The molecule has 11 heteroatoms. The van der Waals surface area contributed by atoms with Crippen LogP contribution in [0.25, 0.3) is 0 Å². The highest BCUT2D eigenvalue weighted by Gasteiger charge is 2.66. The topological polar surface area (TPSA) is 105 Å². The van der Waals surface area contributed by atoms with E-state index in [0.29, 0.717) is 42.9 Å². The van der Waals surface area contributed by atoms with E-state index in [1.54, 1.807) is 0 Å². The van der Waals surface area contributed by atoms with Crippen molar-refractivity contribution >= 4 is 16.9 Å². The summed E-state index contributed by atoms with van der Waals surface area (Å²) in [5.41, 5.74) is 1.94. The molecule has 48 heavy (non-hydrogen) atoms. The maximum Gasteiger partial charge on any atom is 0.349 e. The molecule has 0 unspecified atom stereocenters. The van der Waals surface area contributed by atoms with Gasteiger partial charge >= 0.3 is 8.56 Å². The Bertz CT molecular complexity index is 1160. The number of aliphatic hydroxyl groups excluding tert-OH is 2. The molecule has 0 spiro atoms. The average Bonchev–Trinajstić information content (AvgIpc) is 3.42. The van der Waals surface area contributed by atoms with Gasteiger partial charge in [0.15, 0.2) is 6.29 Å².